The molecule has 0 saturated carbocycles. The summed E-state index contributed by atoms with van der Waals surface area (Å²) in [6, 6.07) is 1.57. The van der Waals surface area contributed by atoms with Crippen molar-refractivity contribution in [3.05, 3.63) is 29.8 Å². The molecule has 0 aromatic carbocycles. The van der Waals surface area contributed by atoms with Crippen molar-refractivity contribution in [1.29, 1.82) is 0 Å². The predicted octanol–water partition coefficient (Wildman–Crippen LogP) is 2.91. The highest BCUT2D eigenvalue weighted by molar-refractivity contribution is 5.19. The lowest BCUT2D eigenvalue weighted by molar-refractivity contribution is -0.0119. The molecule has 1 aromatic rings. The Kier molecular flexibility index (Phi) is 4.53. The van der Waals surface area contributed by atoms with Crippen LogP contribution in [-0.4, -0.2) is 33.6 Å². The quantitative estimate of drug-likeness (QED) is 0.914. The van der Waals surface area contributed by atoms with Crippen molar-refractivity contribution in [2.45, 2.75) is 51.2 Å². The van der Waals surface area contributed by atoms with Gasteiger partial charge in [0.25, 0.3) is 0 Å². The molecule has 1 aliphatic heterocycles. The molecular formula is C15H23FN2O. The van der Waals surface area contributed by atoms with Gasteiger partial charge in [0.15, 0.2) is 0 Å². The molecule has 1 saturated heterocycles. The van der Waals surface area contributed by atoms with Gasteiger partial charge in [-0.25, -0.2) is 4.39 Å². The minimum absolute atomic E-state index is 0.337. The van der Waals surface area contributed by atoms with E-state index in [1.165, 1.54) is 19.0 Å². The molecular weight excluding hydrogens is 243 g/mol. The molecule has 0 aliphatic carbocycles. The molecule has 1 atom stereocenters. The molecule has 19 heavy (non-hydrogen) atoms. The van der Waals surface area contributed by atoms with Crippen LogP contribution in [0.5, 0.6) is 0 Å². The summed E-state index contributed by atoms with van der Waals surface area (Å²) < 4.78 is 13.8. The normalized spacial score (nSPS) is 20.0. The lowest BCUT2D eigenvalue weighted by Crippen LogP contribution is -2.49. The van der Waals surface area contributed by atoms with Gasteiger partial charge < -0.3 is 5.11 Å². The van der Waals surface area contributed by atoms with Crippen LogP contribution in [0.3, 0.4) is 0 Å². The molecule has 1 aliphatic rings. The summed E-state index contributed by atoms with van der Waals surface area (Å²) in [4.78, 5) is 6.02. The van der Waals surface area contributed by atoms with E-state index in [-0.39, 0.29) is 0 Å². The second-order valence-electron chi connectivity index (χ2n) is 5.85. The van der Waals surface area contributed by atoms with Crippen LogP contribution in [0.4, 0.5) is 4.39 Å². The van der Waals surface area contributed by atoms with E-state index in [1.54, 1.807) is 6.07 Å². The van der Waals surface area contributed by atoms with Crippen LogP contribution in [0.25, 0.3) is 0 Å². The van der Waals surface area contributed by atoms with Gasteiger partial charge in [-0.15, -0.1) is 0 Å². The second kappa shape index (κ2) is 5.97. The minimum Gasteiger partial charge on any atom is -0.386 e. The van der Waals surface area contributed by atoms with E-state index >= 15 is 0 Å². The number of hydrogen-bond acceptors (Lipinski definition) is 3. The van der Waals surface area contributed by atoms with Crippen molar-refractivity contribution in [1.82, 2.24) is 9.88 Å². The smallest absolute Gasteiger partial charge is 0.147 e. The van der Waals surface area contributed by atoms with Crippen LogP contribution >= 0.6 is 0 Å². The van der Waals surface area contributed by atoms with E-state index in [0.717, 1.165) is 32.1 Å². The maximum absolute atomic E-state index is 13.8. The number of nitrogens with zero attached hydrogens (tertiary/aromatic N) is 2. The summed E-state index contributed by atoms with van der Waals surface area (Å²) in [5, 5.41) is 10.6. The van der Waals surface area contributed by atoms with Gasteiger partial charge in [0.05, 0.1) is 12.3 Å². The Morgan fingerprint density at radius 1 is 1.26 bits per heavy atom. The van der Waals surface area contributed by atoms with Gasteiger partial charge in [0.1, 0.15) is 5.82 Å². The first kappa shape index (κ1) is 14.4. The highest BCUT2D eigenvalue weighted by atomic mass is 19.1. The standard InChI is InChI=1S/C15H23FN2O/c1-15(2,18-9-5-3-4-6-10-18)14(19)12-7-8-17-11-13(12)16/h7-8,11,14,19H,3-6,9-10H2,1-2H3. The zero-order valence-electron chi connectivity index (χ0n) is 11.8. The zero-order chi connectivity index (χ0) is 13.9. The first-order valence-corrected chi connectivity index (χ1v) is 7.06. The van der Waals surface area contributed by atoms with E-state index in [1.807, 2.05) is 13.8 Å². The fourth-order valence-corrected chi connectivity index (χ4v) is 2.81. The number of pyridine rings is 1. The molecule has 2 heterocycles. The Hall–Kier alpha value is -1.00. The molecule has 1 fully saturated rings. The summed E-state index contributed by atoms with van der Waals surface area (Å²) in [5.41, 5.74) is -0.128. The topological polar surface area (TPSA) is 36.4 Å². The van der Waals surface area contributed by atoms with Gasteiger partial charge in [0, 0.05) is 17.3 Å². The summed E-state index contributed by atoms with van der Waals surface area (Å²) in [7, 11) is 0. The average molecular weight is 266 g/mol. The lowest BCUT2D eigenvalue weighted by atomic mass is 9.89. The molecule has 0 amide bonds. The first-order valence-electron chi connectivity index (χ1n) is 7.06. The summed E-state index contributed by atoms with van der Waals surface area (Å²) in [6.07, 6.45) is 6.63. The minimum atomic E-state index is -0.839. The lowest BCUT2D eigenvalue weighted by Gasteiger charge is -2.41. The zero-order valence-corrected chi connectivity index (χ0v) is 11.8. The van der Waals surface area contributed by atoms with Crippen molar-refractivity contribution in [3.63, 3.8) is 0 Å². The molecule has 0 spiro atoms. The third-order valence-electron chi connectivity index (χ3n) is 4.19. The van der Waals surface area contributed by atoms with Gasteiger partial charge in [-0.05, 0) is 45.8 Å². The number of aromatic nitrogens is 1. The van der Waals surface area contributed by atoms with Crippen LogP contribution in [0.2, 0.25) is 0 Å². The highest BCUT2D eigenvalue weighted by Crippen LogP contribution is 2.33. The summed E-state index contributed by atoms with van der Waals surface area (Å²) in [5.74, 6) is -0.433. The van der Waals surface area contributed by atoms with Crippen molar-refractivity contribution in [2.24, 2.45) is 0 Å². The Morgan fingerprint density at radius 2 is 1.89 bits per heavy atom. The maximum Gasteiger partial charge on any atom is 0.147 e. The van der Waals surface area contributed by atoms with Gasteiger partial charge in [0.2, 0.25) is 0 Å². The fourth-order valence-electron chi connectivity index (χ4n) is 2.81. The highest BCUT2D eigenvalue weighted by Gasteiger charge is 2.36. The van der Waals surface area contributed by atoms with E-state index < -0.39 is 17.5 Å². The van der Waals surface area contributed by atoms with Gasteiger partial charge >= 0.3 is 0 Å². The molecule has 1 aromatic heterocycles. The van der Waals surface area contributed by atoms with E-state index in [0.29, 0.717) is 5.56 Å². The molecule has 106 valence electrons. The molecule has 0 radical (unpaired) electrons. The summed E-state index contributed by atoms with van der Waals surface area (Å²) >= 11 is 0. The number of likely N-dealkylation sites (tertiary alicyclic amines) is 1. The predicted molar refractivity (Wildman–Crippen MR) is 73.3 cm³/mol. The molecule has 2 rings (SSSR count). The second-order valence-corrected chi connectivity index (χ2v) is 5.85. The molecule has 4 heteroatoms. The molecule has 3 nitrogen and oxygen atoms in total. The average Bonchev–Trinajstić information content (AvgIpc) is 2.67. The van der Waals surface area contributed by atoms with E-state index in [4.69, 9.17) is 0 Å². The first-order chi connectivity index (χ1) is 9.03. The Balaban J connectivity index is 2.20. The van der Waals surface area contributed by atoms with Gasteiger partial charge in [-0.3, -0.25) is 9.88 Å². The number of aliphatic hydroxyl groups excluding tert-OH is 1. The third-order valence-corrected chi connectivity index (χ3v) is 4.19. The number of hydrogen-bond donors (Lipinski definition) is 1. The number of aliphatic hydroxyl groups is 1. The van der Waals surface area contributed by atoms with Crippen molar-refractivity contribution in [3.8, 4) is 0 Å². The third kappa shape index (κ3) is 3.12. The number of rotatable bonds is 3. The largest absolute Gasteiger partial charge is 0.386 e. The molecule has 1 N–H and O–H groups in total. The Labute approximate surface area is 114 Å². The molecule has 0 bridgehead atoms. The van der Waals surface area contributed by atoms with Crippen LogP contribution < -0.4 is 0 Å². The Bertz CT molecular complexity index is 414. The van der Waals surface area contributed by atoms with Gasteiger partial charge in [-0.1, -0.05) is 12.8 Å². The van der Waals surface area contributed by atoms with Gasteiger partial charge in [-0.2, -0.15) is 0 Å². The van der Waals surface area contributed by atoms with Crippen LogP contribution in [-0.2, 0) is 0 Å². The molecule has 1 unspecified atom stereocenters. The van der Waals surface area contributed by atoms with Crippen LogP contribution in [0.1, 0.15) is 51.2 Å². The van der Waals surface area contributed by atoms with E-state index in [2.05, 4.69) is 9.88 Å². The fraction of sp³-hybridized carbons (Fsp3) is 0.667. The maximum atomic E-state index is 13.8. The van der Waals surface area contributed by atoms with E-state index in [9.17, 15) is 9.50 Å². The van der Waals surface area contributed by atoms with Crippen LogP contribution in [0.15, 0.2) is 18.5 Å². The Morgan fingerprint density at radius 3 is 2.47 bits per heavy atom. The van der Waals surface area contributed by atoms with Crippen molar-refractivity contribution < 1.29 is 9.50 Å². The van der Waals surface area contributed by atoms with Crippen molar-refractivity contribution in [2.75, 3.05) is 13.1 Å². The van der Waals surface area contributed by atoms with Crippen LogP contribution in [0, 0.1) is 5.82 Å². The monoisotopic (exact) mass is 266 g/mol. The SMILES string of the molecule is CC(C)(C(O)c1ccncc1F)N1CCCCCC1. The summed E-state index contributed by atoms with van der Waals surface area (Å²) in [6.45, 7) is 5.92. The van der Waals surface area contributed by atoms with Crippen molar-refractivity contribution >= 4 is 0 Å². The number of halogens is 1.